The van der Waals surface area contributed by atoms with Crippen LogP contribution in [0.5, 0.6) is 5.75 Å². The van der Waals surface area contributed by atoms with Crippen molar-refractivity contribution in [3.05, 3.63) is 64.7 Å². The van der Waals surface area contributed by atoms with E-state index in [1.54, 1.807) is 13.3 Å². The number of aryl methyl sites for hydroxylation is 1. The van der Waals surface area contributed by atoms with Crippen LogP contribution in [-0.2, 0) is 6.42 Å². The summed E-state index contributed by atoms with van der Waals surface area (Å²) < 4.78 is 7.51. The van der Waals surface area contributed by atoms with Crippen molar-refractivity contribution in [3.8, 4) is 5.75 Å². The van der Waals surface area contributed by atoms with Gasteiger partial charge < -0.3 is 21.1 Å². The molecule has 36 heavy (non-hydrogen) atoms. The highest BCUT2D eigenvalue weighted by atomic mass is 35.5. The van der Waals surface area contributed by atoms with E-state index in [-0.39, 0.29) is 11.5 Å². The van der Waals surface area contributed by atoms with Crippen LogP contribution in [0.25, 0.3) is 5.65 Å². The topological polar surface area (TPSA) is 108 Å². The summed E-state index contributed by atoms with van der Waals surface area (Å²) in [5.41, 5.74) is 17.2. The Morgan fingerprint density at radius 3 is 2.75 bits per heavy atom. The normalized spacial score (nSPS) is 18.7. The lowest BCUT2D eigenvalue weighted by Crippen LogP contribution is -2.45. The predicted molar refractivity (Wildman–Crippen MR) is 143 cm³/mol. The number of nitrogen functional groups attached to an aromatic ring is 1. The van der Waals surface area contributed by atoms with Crippen LogP contribution in [0.15, 0.2) is 52.6 Å². The monoisotopic (exact) mass is 521 g/mol. The molecule has 3 aromatic heterocycles. The van der Waals surface area contributed by atoms with Gasteiger partial charge in [0.15, 0.2) is 5.65 Å². The Bertz CT molecular complexity index is 1460. The van der Waals surface area contributed by atoms with Gasteiger partial charge in [-0.2, -0.15) is 0 Å². The number of aromatic nitrogens is 4. The standard InChI is InChI=1S/C26H28ClN7OS/c1-15-21(36-19-5-8-30-23(29)20(19)27)24-31-9-12-34(24)25(32-15)33-10-6-26(7-11-33)14-16-3-4-17(35-2)13-18(16)22(26)28/h3-5,8-9,12-13,22H,6-7,10-11,14,28H2,1-2H3,(H2,29,30)/t22-/m1/s1. The fraction of sp³-hybridized carbons (Fsp3) is 0.346. The van der Waals surface area contributed by atoms with Gasteiger partial charge >= 0.3 is 0 Å². The number of halogens is 1. The maximum atomic E-state index is 6.85. The molecule has 1 aliphatic carbocycles. The summed E-state index contributed by atoms with van der Waals surface area (Å²) in [5.74, 6) is 2.09. The van der Waals surface area contributed by atoms with Gasteiger partial charge in [0, 0.05) is 42.6 Å². The van der Waals surface area contributed by atoms with Gasteiger partial charge in [0.25, 0.3) is 0 Å². The lowest BCUT2D eigenvalue weighted by Gasteiger charge is -2.42. The fourth-order valence-corrected chi connectivity index (χ4v) is 6.84. The number of fused-ring (bicyclic) bond motifs is 2. The van der Waals surface area contributed by atoms with Crippen molar-refractivity contribution < 1.29 is 4.74 Å². The Morgan fingerprint density at radius 2 is 1.97 bits per heavy atom. The van der Waals surface area contributed by atoms with Crippen molar-refractivity contribution in [1.29, 1.82) is 0 Å². The predicted octanol–water partition coefficient (Wildman–Crippen LogP) is 4.67. The average molecular weight is 522 g/mol. The zero-order valence-corrected chi connectivity index (χ0v) is 21.8. The molecule has 1 saturated heterocycles. The molecule has 6 rings (SSSR count). The van der Waals surface area contributed by atoms with Crippen LogP contribution in [-0.4, -0.2) is 39.6 Å². The molecule has 4 N–H and O–H groups in total. The highest BCUT2D eigenvalue weighted by Gasteiger charge is 2.46. The zero-order chi connectivity index (χ0) is 25.0. The van der Waals surface area contributed by atoms with Gasteiger partial charge in [0.05, 0.1) is 22.7 Å². The molecule has 1 spiro atoms. The van der Waals surface area contributed by atoms with Crippen molar-refractivity contribution in [2.75, 3.05) is 30.8 Å². The Labute approximate surface area is 219 Å². The molecule has 0 amide bonds. The second kappa shape index (κ2) is 8.83. The van der Waals surface area contributed by atoms with Crippen molar-refractivity contribution in [1.82, 2.24) is 19.4 Å². The third-order valence-corrected chi connectivity index (χ3v) is 9.43. The van der Waals surface area contributed by atoms with Crippen molar-refractivity contribution in [2.45, 2.75) is 42.0 Å². The van der Waals surface area contributed by atoms with Crippen LogP contribution < -0.4 is 21.1 Å². The summed E-state index contributed by atoms with van der Waals surface area (Å²) in [6.07, 6.45) is 8.47. The van der Waals surface area contributed by atoms with E-state index in [1.165, 1.54) is 22.9 Å². The number of nitrogens with zero attached hydrogens (tertiary/aromatic N) is 5. The number of rotatable bonds is 4. The zero-order valence-electron chi connectivity index (χ0n) is 20.2. The maximum absolute atomic E-state index is 6.85. The number of nitrogens with two attached hydrogens (primary N) is 2. The van der Waals surface area contributed by atoms with E-state index in [1.807, 2.05) is 31.5 Å². The number of ether oxygens (including phenoxy) is 1. The van der Waals surface area contributed by atoms with Crippen molar-refractivity contribution in [2.24, 2.45) is 11.1 Å². The largest absolute Gasteiger partial charge is 0.497 e. The average Bonchev–Trinajstić information content (AvgIpc) is 3.47. The Kier molecular flexibility index (Phi) is 5.74. The second-order valence-corrected chi connectivity index (χ2v) is 11.1. The number of benzene rings is 1. The molecule has 8 nitrogen and oxygen atoms in total. The summed E-state index contributed by atoms with van der Waals surface area (Å²) in [6.45, 7) is 3.79. The van der Waals surface area contributed by atoms with E-state index < -0.39 is 0 Å². The van der Waals surface area contributed by atoms with Crippen LogP contribution in [0.2, 0.25) is 5.02 Å². The maximum Gasteiger partial charge on any atom is 0.211 e. The van der Waals surface area contributed by atoms with Gasteiger partial charge in [-0.1, -0.05) is 29.4 Å². The molecule has 0 saturated carbocycles. The van der Waals surface area contributed by atoms with Gasteiger partial charge in [0.2, 0.25) is 5.95 Å². The minimum Gasteiger partial charge on any atom is -0.497 e. The molecule has 1 fully saturated rings. The first-order valence-corrected chi connectivity index (χ1v) is 13.2. The number of hydrogen-bond donors (Lipinski definition) is 2. The molecular weight excluding hydrogens is 494 g/mol. The molecule has 1 aromatic carbocycles. The molecule has 0 radical (unpaired) electrons. The van der Waals surface area contributed by atoms with E-state index in [0.29, 0.717) is 10.8 Å². The van der Waals surface area contributed by atoms with Crippen LogP contribution in [0.1, 0.15) is 35.7 Å². The molecule has 4 aromatic rings. The minimum atomic E-state index is 0.0176. The van der Waals surface area contributed by atoms with Crippen LogP contribution in [0.3, 0.4) is 0 Å². The number of anilines is 2. The lowest BCUT2D eigenvalue weighted by molar-refractivity contribution is 0.186. The molecule has 1 atom stereocenters. The molecular formula is C26H28ClN7OS. The van der Waals surface area contributed by atoms with Crippen molar-refractivity contribution in [3.63, 3.8) is 0 Å². The first-order valence-electron chi connectivity index (χ1n) is 12.0. The van der Waals surface area contributed by atoms with Crippen LogP contribution in [0, 0.1) is 12.3 Å². The Balaban J connectivity index is 1.27. The molecule has 0 unspecified atom stereocenters. The number of methoxy groups -OCH3 is 1. The van der Waals surface area contributed by atoms with E-state index in [4.69, 9.17) is 32.8 Å². The summed E-state index contributed by atoms with van der Waals surface area (Å²) in [5, 5.41) is 0.448. The fourth-order valence-electron chi connectivity index (χ4n) is 5.63. The van der Waals surface area contributed by atoms with E-state index >= 15 is 0 Å². The Morgan fingerprint density at radius 1 is 1.17 bits per heavy atom. The number of piperidine rings is 1. The van der Waals surface area contributed by atoms with Gasteiger partial charge in [-0.25, -0.2) is 15.0 Å². The third-order valence-electron chi connectivity index (χ3n) is 7.68. The Hall–Kier alpha value is -3.01. The second-order valence-electron chi connectivity index (χ2n) is 9.63. The molecule has 186 valence electrons. The SMILES string of the molecule is COc1ccc2c(c1)[C@@H](N)C1(CCN(c3nc(C)c(Sc4ccnc(N)c4Cl)c4nccn34)CC1)C2. The molecule has 0 bridgehead atoms. The minimum absolute atomic E-state index is 0.0176. The molecule has 2 aliphatic rings. The summed E-state index contributed by atoms with van der Waals surface area (Å²) in [6, 6.07) is 8.20. The van der Waals surface area contributed by atoms with E-state index in [0.717, 1.165) is 65.2 Å². The highest BCUT2D eigenvalue weighted by Crippen LogP contribution is 2.51. The highest BCUT2D eigenvalue weighted by molar-refractivity contribution is 7.99. The van der Waals surface area contributed by atoms with Gasteiger partial charge in [-0.3, -0.25) is 4.40 Å². The molecule has 4 heterocycles. The van der Waals surface area contributed by atoms with Gasteiger partial charge in [0.1, 0.15) is 11.6 Å². The lowest BCUT2D eigenvalue weighted by atomic mass is 9.73. The number of imidazole rings is 1. The van der Waals surface area contributed by atoms with E-state index in [9.17, 15) is 0 Å². The molecule has 10 heteroatoms. The van der Waals surface area contributed by atoms with Crippen LogP contribution in [0.4, 0.5) is 11.8 Å². The molecule has 1 aliphatic heterocycles. The van der Waals surface area contributed by atoms with Gasteiger partial charge in [-0.05, 0) is 60.9 Å². The smallest absolute Gasteiger partial charge is 0.211 e. The van der Waals surface area contributed by atoms with Crippen molar-refractivity contribution >= 4 is 40.8 Å². The van der Waals surface area contributed by atoms with E-state index in [2.05, 4.69) is 31.4 Å². The number of hydrogen-bond acceptors (Lipinski definition) is 8. The van der Waals surface area contributed by atoms with Gasteiger partial charge in [-0.15, -0.1) is 0 Å². The first kappa shape index (κ1) is 23.4. The summed E-state index contributed by atoms with van der Waals surface area (Å²) in [7, 11) is 1.70. The number of pyridine rings is 1. The third kappa shape index (κ3) is 3.68. The summed E-state index contributed by atoms with van der Waals surface area (Å²) >= 11 is 7.93. The van der Waals surface area contributed by atoms with Crippen LogP contribution >= 0.6 is 23.4 Å². The summed E-state index contributed by atoms with van der Waals surface area (Å²) in [4.78, 5) is 17.9. The quantitative estimate of drug-likeness (QED) is 0.399. The first-order chi connectivity index (χ1) is 17.4.